The summed E-state index contributed by atoms with van der Waals surface area (Å²) in [7, 11) is -9.20. The molecule has 0 bridgehead atoms. The second-order valence-electron chi connectivity index (χ2n) is 12.2. The number of allylic oxidation sites excluding steroid dienone is 6. The van der Waals surface area contributed by atoms with E-state index in [4.69, 9.17) is 0 Å². The van der Waals surface area contributed by atoms with E-state index in [1.807, 2.05) is 81.6 Å². The zero-order chi connectivity index (χ0) is 33.5. The van der Waals surface area contributed by atoms with Gasteiger partial charge in [-0.15, -0.1) is 23.1 Å². The lowest BCUT2D eigenvalue weighted by molar-refractivity contribution is -0.416. The summed E-state index contributed by atoms with van der Waals surface area (Å²) in [5, 5.41) is 3.71. The molecule has 0 radical (unpaired) electrons. The van der Waals surface area contributed by atoms with Crippen LogP contribution in [0.1, 0.15) is 44.4 Å². The van der Waals surface area contributed by atoms with Gasteiger partial charge in [-0.3, -0.25) is 0 Å². The molecule has 2 aliphatic heterocycles. The Balaban J connectivity index is 1.51. The van der Waals surface area contributed by atoms with Crippen molar-refractivity contribution in [3.63, 3.8) is 0 Å². The molecule has 0 amide bonds. The summed E-state index contributed by atoms with van der Waals surface area (Å²) in [4.78, 5) is 2.60. The zero-order valence-corrected chi connectivity index (χ0v) is 29.2. The molecule has 2 aromatic carbocycles. The smallest absolute Gasteiger partial charge is 0.237 e. The fourth-order valence-corrected chi connectivity index (χ4v) is 8.61. The molecule has 2 aliphatic rings. The molecule has 0 atom stereocenters. The van der Waals surface area contributed by atoms with Crippen molar-refractivity contribution >= 4 is 60.4 Å². The van der Waals surface area contributed by atoms with Gasteiger partial charge in [0.2, 0.25) is 11.6 Å². The van der Waals surface area contributed by atoms with Gasteiger partial charge in [0.05, 0.1) is 5.41 Å². The molecule has 8 nitrogen and oxygen atoms in total. The molecule has 12 heteroatoms. The highest BCUT2D eigenvalue weighted by atomic mass is 32.2. The van der Waals surface area contributed by atoms with Crippen LogP contribution in [-0.2, 0) is 36.8 Å². The first kappa shape index (κ1) is 34.1. The molecular formula is C34H35N2O6S4-. The van der Waals surface area contributed by atoms with Gasteiger partial charge < -0.3 is 14.0 Å². The van der Waals surface area contributed by atoms with Crippen LogP contribution >= 0.6 is 23.1 Å². The molecule has 0 N–H and O–H groups in total. The van der Waals surface area contributed by atoms with E-state index < -0.39 is 42.8 Å². The number of hydrogen-bond donors (Lipinski definition) is 0. The van der Waals surface area contributed by atoms with Gasteiger partial charge >= 0.3 is 0 Å². The normalized spacial score (nSPS) is 18.2. The van der Waals surface area contributed by atoms with Gasteiger partial charge in [-0.05, 0) is 59.5 Å². The topological polar surface area (TPSA) is 121 Å². The third-order valence-corrected chi connectivity index (χ3v) is 11.1. The lowest BCUT2D eigenvalue weighted by atomic mass is 9.81. The third kappa shape index (κ3) is 7.02. The summed E-state index contributed by atoms with van der Waals surface area (Å²) in [5.74, 6) is -0.741. The minimum atomic E-state index is -4.61. The molecule has 0 spiro atoms. The van der Waals surface area contributed by atoms with Crippen molar-refractivity contribution in [1.29, 1.82) is 0 Å². The Morgan fingerprint density at radius 3 is 2.33 bits per heavy atom. The SMILES string of the molecule is C=CSCc1ccc2c(c1)N(CS(=O)(=O)[O-])C(=CC=CC=CC1=[N+](CS(=O)(=O)[O-])c3cc(-c4cccs4)ccc3C1(C)C)C2(C)C. The number of rotatable bonds is 11. The van der Waals surface area contributed by atoms with Gasteiger partial charge in [-0.2, -0.15) is 4.58 Å². The highest BCUT2D eigenvalue weighted by Gasteiger charge is 2.45. The lowest BCUT2D eigenvalue weighted by Crippen LogP contribution is -2.30. The minimum Gasteiger partial charge on any atom is -0.747 e. The average Bonchev–Trinajstić information content (AvgIpc) is 3.62. The number of nitrogens with zero attached hydrogens (tertiary/aromatic N) is 2. The van der Waals surface area contributed by atoms with Crippen molar-refractivity contribution in [2.24, 2.45) is 0 Å². The fraction of sp³-hybridized carbons (Fsp3) is 0.265. The van der Waals surface area contributed by atoms with Gasteiger partial charge in [0.15, 0.2) is 15.8 Å². The maximum atomic E-state index is 12.0. The first-order valence-electron chi connectivity index (χ1n) is 14.4. The Kier molecular flexibility index (Phi) is 9.44. The van der Waals surface area contributed by atoms with Crippen LogP contribution in [-0.4, -0.2) is 48.0 Å². The van der Waals surface area contributed by atoms with Gasteiger partial charge in [0.1, 0.15) is 16.0 Å². The Labute approximate surface area is 279 Å². The van der Waals surface area contributed by atoms with Gasteiger partial charge in [0.25, 0.3) is 0 Å². The monoisotopic (exact) mass is 695 g/mol. The number of fused-ring (bicyclic) bond motifs is 2. The first-order valence-corrected chi connectivity index (χ1v) is 19.5. The predicted octanol–water partition coefficient (Wildman–Crippen LogP) is 6.97. The van der Waals surface area contributed by atoms with Crippen molar-refractivity contribution in [2.75, 3.05) is 16.7 Å². The summed E-state index contributed by atoms with van der Waals surface area (Å²) in [6, 6.07) is 15.7. The van der Waals surface area contributed by atoms with Crippen LogP contribution in [0.25, 0.3) is 10.4 Å². The molecule has 0 saturated carbocycles. The van der Waals surface area contributed by atoms with Gasteiger partial charge in [-0.25, -0.2) is 16.8 Å². The van der Waals surface area contributed by atoms with Crippen LogP contribution in [0.3, 0.4) is 0 Å². The van der Waals surface area contributed by atoms with E-state index >= 15 is 0 Å². The first-order chi connectivity index (χ1) is 21.5. The van der Waals surface area contributed by atoms with Crippen molar-refractivity contribution < 1.29 is 30.5 Å². The second-order valence-corrected chi connectivity index (χ2v) is 16.8. The Morgan fingerprint density at radius 2 is 1.67 bits per heavy atom. The number of thiophene rings is 1. The van der Waals surface area contributed by atoms with Crippen LogP contribution in [0.4, 0.5) is 11.4 Å². The standard InChI is InChI=1S/C34H36N2O6S4/c1-6-43-21-24-14-16-26-28(19-24)35(22-45(37,38)39)31(33(26,2)3)12-8-7-9-13-32-34(4,5)27-17-15-25(30-11-10-18-44-30)20-29(27)36(32)23-46(40,41)42/h6-20H,1,21-23H2,2-5H3,(H-,37,38,39,40,41,42)/p-1. The average molecular weight is 696 g/mol. The quantitative estimate of drug-likeness (QED) is 0.120. The molecule has 3 aromatic rings. The maximum absolute atomic E-state index is 12.0. The van der Waals surface area contributed by atoms with Crippen LogP contribution in [0.5, 0.6) is 0 Å². The van der Waals surface area contributed by atoms with Gasteiger partial charge in [-0.1, -0.05) is 69.0 Å². The lowest BCUT2D eigenvalue weighted by Gasteiger charge is -2.27. The number of anilines is 1. The van der Waals surface area contributed by atoms with E-state index in [2.05, 4.69) is 6.58 Å². The molecule has 0 aliphatic carbocycles. The van der Waals surface area contributed by atoms with Crippen molar-refractivity contribution in [2.45, 2.75) is 44.3 Å². The molecule has 1 aromatic heterocycles. The van der Waals surface area contributed by atoms with E-state index in [-0.39, 0.29) is 0 Å². The maximum Gasteiger partial charge on any atom is 0.237 e. The predicted molar refractivity (Wildman–Crippen MR) is 187 cm³/mol. The number of thioether (sulfide) groups is 1. The highest BCUT2D eigenvalue weighted by molar-refractivity contribution is 8.01. The Hall–Kier alpha value is -3.26. The van der Waals surface area contributed by atoms with E-state index in [1.165, 1.54) is 11.8 Å². The molecule has 5 rings (SSSR count). The van der Waals surface area contributed by atoms with E-state index in [0.717, 1.165) is 27.1 Å². The fourth-order valence-electron chi connectivity index (χ4n) is 6.21. The summed E-state index contributed by atoms with van der Waals surface area (Å²) < 4.78 is 73.5. The van der Waals surface area contributed by atoms with Crippen LogP contribution in [0, 0.1) is 0 Å². The number of hydrogen-bond acceptors (Lipinski definition) is 9. The van der Waals surface area contributed by atoms with Crippen molar-refractivity contribution in [3.05, 3.63) is 119 Å². The molecule has 46 heavy (non-hydrogen) atoms. The van der Waals surface area contributed by atoms with Gasteiger partial charge in [0, 0.05) is 45.1 Å². The molecule has 3 heterocycles. The van der Waals surface area contributed by atoms with E-state index in [1.54, 1.807) is 56.6 Å². The van der Waals surface area contributed by atoms with Crippen molar-refractivity contribution in [3.8, 4) is 10.4 Å². The van der Waals surface area contributed by atoms with E-state index in [0.29, 0.717) is 28.5 Å². The van der Waals surface area contributed by atoms with Crippen LogP contribution in [0.15, 0.2) is 102 Å². The van der Waals surface area contributed by atoms with Crippen LogP contribution in [0.2, 0.25) is 0 Å². The Bertz CT molecular complexity index is 2020. The Morgan fingerprint density at radius 1 is 0.935 bits per heavy atom. The van der Waals surface area contributed by atoms with Crippen molar-refractivity contribution in [1.82, 2.24) is 0 Å². The minimum absolute atomic E-state index is 0.582. The highest BCUT2D eigenvalue weighted by Crippen LogP contribution is 2.48. The summed E-state index contributed by atoms with van der Waals surface area (Å²) in [6.07, 6.45) is 8.87. The molecular weight excluding hydrogens is 661 g/mol. The molecule has 242 valence electrons. The zero-order valence-electron chi connectivity index (χ0n) is 26.0. The second kappa shape index (κ2) is 12.7. The molecule has 0 saturated heterocycles. The summed E-state index contributed by atoms with van der Waals surface area (Å²) >= 11 is 3.10. The summed E-state index contributed by atoms with van der Waals surface area (Å²) in [5.41, 5.74) is 5.23. The molecule has 0 unspecified atom stereocenters. The van der Waals surface area contributed by atoms with Crippen LogP contribution < -0.4 is 4.90 Å². The molecule has 0 fully saturated rings. The van der Waals surface area contributed by atoms with E-state index in [9.17, 15) is 25.9 Å². The summed E-state index contributed by atoms with van der Waals surface area (Å²) in [6.45, 7) is 11.7. The largest absolute Gasteiger partial charge is 0.747 e. The third-order valence-electron chi connectivity index (χ3n) is 8.33. The number of benzene rings is 2.